The van der Waals surface area contributed by atoms with Crippen molar-refractivity contribution in [2.75, 3.05) is 35.3 Å². The van der Waals surface area contributed by atoms with Crippen molar-refractivity contribution in [2.45, 2.75) is 26.8 Å². The van der Waals surface area contributed by atoms with Gasteiger partial charge in [-0.2, -0.15) is 4.98 Å². The van der Waals surface area contributed by atoms with Gasteiger partial charge in [0.25, 0.3) is 0 Å². The fourth-order valence-corrected chi connectivity index (χ4v) is 3.86. The van der Waals surface area contributed by atoms with Crippen LogP contribution in [0.2, 0.25) is 0 Å². The second kappa shape index (κ2) is 6.09. The van der Waals surface area contributed by atoms with Crippen LogP contribution in [0.3, 0.4) is 0 Å². The molecular formula is C14H23N3O3S. The Balaban J connectivity index is 2.18. The van der Waals surface area contributed by atoms with Crippen molar-refractivity contribution in [1.82, 2.24) is 4.98 Å². The zero-order valence-electron chi connectivity index (χ0n) is 12.7. The molecule has 0 saturated carbocycles. The standard InChI is InChI=1S/C14H23N3O3S/c1-10(2)8-20-14-12(15)4-5-13(16-14)17-6-7-21(18,19)9-11(17)3/h4-5,10-11H,6-9,15H2,1-3H3. The van der Waals surface area contributed by atoms with Gasteiger partial charge in [0.15, 0.2) is 9.84 Å². The highest BCUT2D eigenvalue weighted by molar-refractivity contribution is 7.91. The molecule has 1 aromatic heterocycles. The average Bonchev–Trinajstić information content (AvgIpc) is 2.37. The summed E-state index contributed by atoms with van der Waals surface area (Å²) in [4.78, 5) is 6.44. The maximum Gasteiger partial charge on any atom is 0.239 e. The van der Waals surface area contributed by atoms with E-state index < -0.39 is 9.84 Å². The smallest absolute Gasteiger partial charge is 0.239 e. The van der Waals surface area contributed by atoms with E-state index in [9.17, 15) is 8.42 Å². The van der Waals surface area contributed by atoms with Gasteiger partial charge in [-0.25, -0.2) is 8.42 Å². The second-order valence-electron chi connectivity index (χ2n) is 5.93. The molecule has 21 heavy (non-hydrogen) atoms. The highest BCUT2D eigenvalue weighted by Crippen LogP contribution is 2.26. The summed E-state index contributed by atoms with van der Waals surface area (Å²) in [6.07, 6.45) is 0. The molecule has 6 nitrogen and oxygen atoms in total. The lowest BCUT2D eigenvalue weighted by Crippen LogP contribution is -2.47. The Labute approximate surface area is 126 Å². The lowest BCUT2D eigenvalue weighted by Gasteiger charge is -2.34. The topological polar surface area (TPSA) is 85.5 Å². The number of anilines is 2. The van der Waals surface area contributed by atoms with Crippen molar-refractivity contribution >= 4 is 21.3 Å². The Morgan fingerprint density at radius 2 is 2.19 bits per heavy atom. The zero-order chi connectivity index (χ0) is 15.6. The molecule has 1 unspecified atom stereocenters. The SMILES string of the molecule is CC(C)COc1nc(N2CCS(=O)(=O)CC2C)ccc1N. The number of nitrogens with zero attached hydrogens (tertiary/aromatic N) is 2. The molecule has 2 heterocycles. The van der Waals surface area contributed by atoms with Crippen LogP contribution >= 0.6 is 0 Å². The number of pyridine rings is 1. The van der Waals surface area contributed by atoms with Crippen LogP contribution in [-0.4, -0.2) is 44.1 Å². The number of rotatable bonds is 4. The Hall–Kier alpha value is -1.50. The van der Waals surface area contributed by atoms with Gasteiger partial charge in [0, 0.05) is 12.6 Å². The monoisotopic (exact) mass is 313 g/mol. The molecule has 1 aliphatic heterocycles. The lowest BCUT2D eigenvalue weighted by atomic mass is 10.2. The predicted molar refractivity (Wildman–Crippen MR) is 84.4 cm³/mol. The average molecular weight is 313 g/mol. The summed E-state index contributed by atoms with van der Waals surface area (Å²) in [7, 11) is -2.94. The number of aromatic nitrogens is 1. The number of sulfone groups is 1. The third-order valence-corrected chi connectivity index (χ3v) is 5.19. The van der Waals surface area contributed by atoms with Gasteiger partial charge < -0.3 is 15.4 Å². The molecule has 0 amide bonds. The van der Waals surface area contributed by atoms with Gasteiger partial charge >= 0.3 is 0 Å². The van der Waals surface area contributed by atoms with Gasteiger partial charge in [-0.05, 0) is 25.0 Å². The molecule has 2 rings (SSSR count). The summed E-state index contributed by atoms with van der Waals surface area (Å²) in [6.45, 7) is 6.99. The van der Waals surface area contributed by atoms with E-state index in [4.69, 9.17) is 10.5 Å². The number of nitrogens with two attached hydrogens (primary N) is 1. The van der Waals surface area contributed by atoms with E-state index in [0.29, 0.717) is 36.5 Å². The lowest BCUT2D eigenvalue weighted by molar-refractivity contribution is 0.263. The van der Waals surface area contributed by atoms with Crippen molar-refractivity contribution in [2.24, 2.45) is 5.92 Å². The zero-order valence-corrected chi connectivity index (χ0v) is 13.6. The first-order chi connectivity index (χ1) is 9.78. The van der Waals surface area contributed by atoms with Gasteiger partial charge in [-0.1, -0.05) is 13.8 Å². The van der Waals surface area contributed by atoms with Gasteiger partial charge in [-0.3, -0.25) is 0 Å². The van der Waals surface area contributed by atoms with Crippen LogP contribution in [0.5, 0.6) is 5.88 Å². The predicted octanol–water partition coefficient (Wildman–Crippen LogP) is 1.32. The number of ether oxygens (including phenoxy) is 1. The van der Waals surface area contributed by atoms with E-state index in [0.717, 1.165) is 0 Å². The summed E-state index contributed by atoms with van der Waals surface area (Å²) >= 11 is 0. The van der Waals surface area contributed by atoms with Crippen LogP contribution in [0.4, 0.5) is 11.5 Å². The van der Waals surface area contributed by atoms with Crippen LogP contribution in [0, 0.1) is 5.92 Å². The third-order valence-electron chi connectivity index (χ3n) is 3.39. The van der Waals surface area contributed by atoms with Crippen molar-refractivity contribution in [3.05, 3.63) is 12.1 Å². The summed E-state index contributed by atoms with van der Waals surface area (Å²) < 4.78 is 28.9. The summed E-state index contributed by atoms with van der Waals surface area (Å²) in [5.41, 5.74) is 6.38. The molecular weight excluding hydrogens is 290 g/mol. The first kappa shape index (κ1) is 15.9. The maximum atomic E-state index is 11.6. The minimum absolute atomic E-state index is 0.0992. The first-order valence-corrected chi connectivity index (χ1v) is 8.97. The van der Waals surface area contributed by atoms with E-state index >= 15 is 0 Å². The van der Waals surface area contributed by atoms with Crippen LogP contribution in [-0.2, 0) is 9.84 Å². The molecule has 0 bridgehead atoms. The van der Waals surface area contributed by atoms with E-state index in [1.807, 2.05) is 17.9 Å². The third kappa shape index (κ3) is 4.00. The highest BCUT2D eigenvalue weighted by atomic mass is 32.2. The highest BCUT2D eigenvalue weighted by Gasteiger charge is 2.29. The number of hydrogen-bond donors (Lipinski definition) is 1. The normalized spacial score (nSPS) is 21.5. The largest absolute Gasteiger partial charge is 0.476 e. The molecule has 7 heteroatoms. The van der Waals surface area contributed by atoms with Crippen molar-refractivity contribution in [3.8, 4) is 5.88 Å². The quantitative estimate of drug-likeness (QED) is 0.902. The van der Waals surface area contributed by atoms with Crippen molar-refractivity contribution < 1.29 is 13.2 Å². The Kier molecular flexibility index (Phi) is 4.61. The Bertz CT molecular complexity index is 601. The molecule has 1 aromatic rings. The van der Waals surface area contributed by atoms with E-state index in [1.165, 1.54) is 0 Å². The Morgan fingerprint density at radius 3 is 2.81 bits per heavy atom. The fourth-order valence-electron chi connectivity index (χ4n) is 2.30. The molecule has 0 aliphatic carbocycles. The van der Waals surface area contributed by atoms with Gasteiger partial charge in [-0.15, -0.1) is 0 Å². The van der Waals surface area contributed by atoms with E-state index in [2.05, 4.69) is 18.8 Å². The van der Waals surface area contributed by atoms with Gasteiger partial charge in [0.05, 0.1) is 23.8 Å². The molecule has 0 spiro atoms. The molecule has 1 fully saturated rings. The van der Waals surface area contributed by atoms with Gasteiger partial charge in [0.1, 0.15) is 5.82 Å². The summed E-state index contributed by atoms with van der Waals surface area (Å²) in [6, 6.07) is 3.47. The number of hydrogen-bond acceptors (Lipinski definition) is 6. The van der Waals surface area contributed by atoms with Crippen LogP contribution in [0.25, 0.3) is 0 Å². The summed E-state index contributed by atoms with van der Waals surface area (Å²) in [5.74, 6) is 1.83. The van der Waals surface area contributed by atoms with E-state index in [-0.39, 0.29) is 17.5 Å². The van der Waals surface area contributed by atoms with Crippen molar-refractivity contribution in [1.29, 1.82) is 0 Å². The van der Waals surface area contributed by atoms with Gasteiger partial charge in [0.2, 0.25) is 5.88 Å². The molecule has 2 N–H and O–H groups in total. The molecule has 118 valence electrons. The minimum atomic E-state index is -2.94. The molecule has 1 atom stereocenters. The maximum absolute atomic E-state index is 11.6. The Morgan fingerprint density at radius 1 is 1.48 bits per heavy atom. The number of nitrogen functional groups attached to an aromatic ring is 1. The van der Waals surface area contributed by atoms with Crippen LogP contribution in [0.1, 0.15) is 20.8 Å². The fraction of sp³-hybridized carbons (Fsp3) is 0.643. The van der Waals surface area contributed by atoms with Crippen molar-refractivity contribution in [3.63, 3.8) is 0 Å². The first-order valence-electron chi connectivity index (χ1n) is 7.15. The molecule has 1 aliphatic rings. The molecule has 1 saturated heterocycles. The molecule has 0 radical (unpaired) electrons. The van der Waals surface area contributed by atoms with Crippen LogP contribution in [0.15, 0.2) is 12.1 Å². The van der Waals surface area contributed by atoms with Crippen LogP contribution < -0.4 is 15.4 Å². The molecule has 0 aromatic carbocycles. The van der Waals surface area contributed by atoms with E-state index in [1.54, 1.807) is 6.07 Å². The second-order valence-corrected chi connectivity index (χ2v) is 8.15. The minimum Gasteiger partial charge on any atom is -0.476 e. The summed E-state index contributed by atoms with van der Waals surface area (Å²) in [5, 5.41) is 0.